The molecule has 6 N–H and O–H groups in total. The maximum absolute atomic E-state index is 4.00. The molecule has 40 valence electrons. The van der Waals surface area contributed by atoms with Crippen molar-refractivity contribution in [2.45, 2.75) is 7.43 Å². The molecule has 0 fully saturated rings. The van der Waals surface area contributed by atoms with Gasteiger partial charge in [0.05, 0.1) is 0 Å². The first-order valence-electron chi connectivity index (χ1n) is 0.333. The summed E-state index contributed by atoms with van der Waals surface area (Å²) in [6.07, 6.45) is 0. The van der Waals surface area contributed by atoms with Crippen LogP contribution < -0.4 is 11.7 Å². The Balaban J connectivity index is -0.00000000167. The molecule has 0 amide bonds. The van der Waals surface area contributed by atoms with Gasteiger partial charge in [-0.3, -0.25) is 11.7 Å². The van der Waals surface area contributed by atoms with Gasteiger partial charge >= 0.3 is 0 Å². The van der Waals surface area contributed by atoms with Crippen LogP contribution in [-0.2, 0) is 20.4 Å². The molecule has 0 aliphatic rings. The van der Waals surface area contributed by atoms with Gasteiger partial charge in [0, 0.05) is 20.4 Å². The van der Waals surface area contributed by atoms with Gasteiger partial charge in [0.2, 0.25) is 0 Å². The van der Waals surface area contributed by atoms with Crippen molar-refractivity contribution in [3.63, 3.8) is 0 Å². The van der Waals surface area contributed by atoms with Crippen molar-refractivity contribution in [3.05, 3.63) is 0 Å². The van der Waals surface area contributed by atoms with Crippen LogP contribution in [0, 0.1) is 0 Å². The normalized spacial score (nSPS) is 1.20. The summed E-state index contributed by atoms with van der Waals surface area (Å²) in [7, 11) is 0. The summed E-state index contributed by atoms with van der Waals surface area (Å²) in [6.45, 7) is 0. The summed E-state index contributed by atoms with van der Waals surface area (Å²) >= 11 is 0. The van der Waals surface area contributed by atoms with Crippen molar-refractivity contribution in [2.75, 3.05) is 0 Å². The van der Waals surface area contributed by atoms with Gasteiger partial charge in [-0.2, -0.15) is 0 Å². The zero-order chi connectivity index (χ0) is 2.00. The van der Waals surface area contributed by atoms with Gasteiger partial charge in [-0.1, -0.05) is 7.43 Å². The number of hydrazine groups is 1. The molecule has 0 atom stereocenters. The van der Waals surface area contributed by atoms with Crippen molar-refractivity contribution in [2.24, 2.45) is 11.7 Å². The van der Waals surface area contributed by atoms with Gasteiger partial charge in [-0.25, -0.2) is 0 Å². The zero-order valence-corrected chi connectivity index (χ0v) is 3.53. The van der Waals surface area contributed by atoms with E-state index in [1.165, 1.54) is 0 Å². The fourth-order valence-corrected chi connectivity index (χ4v) is 0. The topological polar surface area (TPSA) is 83.5 Å². The van der Waals surface area contributed by atoms with Crippen LogP contribution in [0.3, 0.4) is 0 Å². The molecule has 0 unspecified atom stereocenters. The monoisotopic (exact) mass is 172 g/mol. The molecule has 0 spiro atoms. The minimum atomic E-state index is 0. The molecule has 0 bridgehead atoms. The molecule has 3 nitrogen and oxygen atoms in total. The Labute approximate surface area is 45.7 Å². The molecular weight excluding hydrogens is 162 g/mol. The predicted molar refractivity (Wildman–Crippen MR) is 18.7 cm³/mol. The van der Waals surface area contributed by atoms with E-state index in [0.717, 1.165) is 0 Å². The fourth-order valence-electron chi connectivity index (χ4n) is 0. The van der Waals surface area contributed by atoms with Crippen molar-refractivity contribution in [1.82, 2.24) is 0 Å². The third-order valence-corrected chi connectivity index (χ3v) is 0. The fraction of sp³-hybridized carbons (Fsp3) is 1.00. The van der Waals surface area contributed by atoms with E-state index in [2.05, 4.69) is 11.7 Å². The van der Waals surface area contributed by atoms with E-state index < -0.39 is 0 Å². The minimum Gasteiger partial charge on any atom is -0.412 e. The second-order valence-electron chi connectivity index (χ2n) is 0. The molecule has 0 aliphatic carbocycles. The van der Waals surface area contributed by atoms with Crippen molar-refractivity contribution in [3.8, 4) is 0 Å². The Morgan fingerprint density at radius 1 is 1.00 bits per heavy atom. The van der Waals surface area contributed by atoms with E-state index in [1.54, 1.807) is 0 Å². The summed E-state index contributed by atoms with van der Waals surface area (Å²) in [4.78, 5) is 0. The van der Waals surface area contributed by atoms with Crippen LogP contribution in [0.5, 0.6) is 0 Å². The first-order valence-corrected chi connectivity index (χ1v) is 0.333. The summed E-state index contributed by atoms with van der Waals surface area (Å²) in [5.41, 5.74) is 0. The maximum atomic E-state index is 4.00. The molecule has 0 saturated heterocycles. The van der Waals surface area contributed by atoms with E-state index in [1.807, 2.05) is 0 Å². The van der Waals surface area contributed by atoms with Crippen molar-refractivity contribution < 1.29 is 25.9 Å². The van der Waals surface area contributed by atoms with E-state index in [-0.39, 0.29) is 33.3 Å². The Bertz CT molecular complexity index is 9.61. The Hall–Kier alpha value is 0.542. The average Bonchev–Trinajstić information content (AvgIpc) is 1.00. The van der Waals surface area contributed by atoms with Crippen LogP contribution in [0.2, 0.25) is 0 Å². The van der Waals surface area contributed by atoms with Gasteiger partial charge in [-0.15, -0.1) is 0 Å². The largest absolute Gasteiger partial charge is 0.412 e. The van der Waals surface area contributed by atoms with Crippen LogP contribution in [0.4, 0.5) is 0 Å². The van der Waals surface area contributed by atoms with Gasteiger partial charge in [0.15, 0.2) is 0 Å². The number of hydrogen-bond donors (Lipinski definition) is 2. The zero-order valence-electron chi connectivity index (χ0n) is 1.97. The SMILES string of the molecule is C.NN.O.[Pd]. The third kappa shape index (κ3) is 99.8. The summed E-state index contributed by atoms with van der Waals surface area (Å²) in [6, 6.07) is 0. The second kappa shape index (κ2) is 194. The maximum Gasteiger partial charge on any atom is 0 e. The standard InChI is InChI=1S/CH4.H4N2.H2O.Pd/c;1-2;;/h1H4;1-2H2;1H2;. The van der Waals surface area contributed by atoms with Crippen LogP contribution in [0.15, 0.2) is 0 Å². The molecule has 0 saturated carbocycles. The molecule has 0 heterocycles. The molecule has 0 aromatic rings. The van der Waals surface area contributed by atoms with Gasteiger partial charge < -0.3 is 5.48 Å². The minimum absolute atomic E-state index is 0. The molecule has 5 heavy (non-hydrogen) atoms. The van der Waals surface area contributed by atoms with Crippen LogP contribution in [0.25, 0.3) is 0 Å². The third-order valence-electron chi connectivity index (χ3n) is 0. The second-order valence-corrected chi connectivity index (χ2v) is 0. The summed E-state index contributed by atoms with van der Waals surface area (Å²) in [5.74, 6) is 8.00. The molecular formula is CH10N2OPd. The van der Waals surface area contributed by atoms with E-state index >= 15 is 0 Å². The van der Waals surface area contributed by atoms with Crippen LogP contribution in [0.1, 0.15) is 7.43 Å². The first-order chi connectivity index (χ1) is 1.00. The van der Waals surface area contributed by atoms with Gasteiger partial charge in [-0.05, 0) is 0 Å². The molecule has 4 heteroatoms. The van der Waals surface area contributed by atoms with Gasteiger partial charge in [0.25, 0.3) is 0 Å². The Morgan fingerprint density at radius 2 is 1.00 bits per heavy atom. The Morgan fingerprint density at radius 3 is 1.00 bits per heavy atom. The molecule has 0 aromatic heterocycles. The predicted octanol–water partition coefficient (Wildman–Crippen LogP) is -1.37. The van der Waals surface area contributed by atoms with E-state index in [9.17, 15) is 0 Å². The summed E-state index contributed by atoms with van der Waals surface area (Å²) < 4.78 is 0. The summed E-state index contributed by atoms with van der Waals surface area (Å²) in [5, 5.41) is 0. The average molecular weight is 173 g/mol. The number of rotatable bonds is 0. The van der Waals surface area contributed by atoms with Crippen LogP contribution >= 0.6 is 0 Å². The van der Waals surface area contributed by atoms with Crippen molar-refractivity contribution >= 4 is 0 Å². The van der Waals surface area contributed by atoms with Crippen molar-refractivity contribution in [1.29, 1.82) is 0 Å². The van der Waals surface area contributed by atoms with E-state index in [4.69, 9.17) is 0 Å². The van der Waals surface area contributed by atoms with Gasteiger partial charge in [0.1, 0.15) is 0 Å². The smallest absolute Gasteiger partial charge is 0 e. The first kappa shape index (κ1) is 48.1. The number of hydrogen-bond acceptors (Lipinski definition) is 2. The van der Waals surface area contributed by atoms with Crippen LogP contribution in [-0.4, -0.2) is 5.48 Å². The molecule has 0 aliphatic heterocycles. The molecule has 0 radical (unpaired) electrons. The Kier molecular flexibility index (Phi) is 1860. The quantitative estimate of drug-likeness (QED) is 0.268. The molecule has 0 aromatic carbocycles. The molecule has 0 rings (SSSR count). The number of nitrogens with two attached hydrogens (primary N) is 2. The van der Waals surface area contributed by atoms with E-state index in [0.29, 0.717) is 0 Å².